The average Bonchev–Trinajstić information content (AvgIpc) is 3.01. The number of hydrogen-bond acceptors (Lipinski definition) is 4. The molecule has 0 atom stereocenters. The highest BCUT2D eigenvalue weighted by Gasteiger charge is 2.12. The van der Waals surface area contributed by atoms with Crippen molar-refractivity contribution in [3.8, 4) is 0 Å². The number of anilines is 1. The lowest BCUT2D eigenvalue weighted by Crippen LogP contribution is -2.21. The molecule has 0 aliphatic rings. The first kappa shape index (κ1) is 13.0. The second-order valence-electron chi connectivity index (χ2n) is 4.30. The maximum absolute atomic E-state index is 12.0. The van der Waals surface area contributed by atoms with E-state index in [1.54, 1.807) is 30.3 Å². The van der Waals surface area contributed by atoms with E-state index in [4.69, 9.17) is 21.8 Å². The molecule has 1 amide bonds. The first-order chi connectivity index (χ1) is 9.61. The van der Waals surface area contributed by atoms with Gasteiger partial charge in [-0.25, -0.2) is 0 Å². The van der Waals surface area contributed by atoms with Crippen LogP contribution in [0.15, 0.2) is 40.8 Å². The minimum absolute atomic E-state index is 0.260. The number of nitrogens with one attached hydrogen (secondary N) is 1. The molecule has 0 spiro atoms. The summed E-state index contributed by atoms with van der Waals surface area (Å²) in [5.74, 6) is 0.0116. The van der Waals surface area contributed by atoms with Crippen LogP contribution in [0.2, 0.25) is 4.34 Å². The summed E-state index contributed by atoms with van der Waals surface area (Å²) < 4.78 is 6.19. The number of fused-ring (bicyclic) bond motifs is 1. The number of thiophene rings is 1. The molecule has 6 heteroatoms. The van der Waals surface area contributed by atoms with Gasteiger partial charge in [-0.05, 0) is 36.4 Å². The SMILES string of the molecule is Nc1ccc2oc(C(=O)NCc3ccc(Cl)s3)cc2c1. The number of nitrogen functional groups attached to an aromatic ring is 1. The van der Waals surface area contributed by atoms with Crippen molar-refractivity contribution >= 4 is 45.5 Å². The average molecular weight is 307 g/mol. The molecule has 3 N–H and O–H groups in total. The monoisotopic (exact) mass is 306 g/mol. The lowest BCUT2D eigenvalue weighted by atomic mass is 10.2. The van der Waals surface area contributed by atoms with Crippen LogP contribution in [0.3, 0.4) is 0 Å². The van der Waals surface area contributed by atoms with E-state index < -0.39 is 0 Å². The summed E-state index contributed by atoms with van der Waals surface area (Å²) in [5, 5.41) is 3.61. The second kappa shape index (κ2) is 5.19. The van der Waals surface area contributed by atoms with E-state index in [2.05, 4.69) is 5.32 Å². The highest BCUT2D eigenvalue weighted by Crippen LogP contribution is 2.23. The van der Waals surface area contributed by atoms with Crippen LogP contribution >= 0.6 is 22.9 Å². The van der Waals surface area contributed by atoms with Gasteiger partial charge < -0.3 is 15.5 Å². The summed E-state index contributed by atoms with van der Waals surface area (Å²) in [6, 6.07) is 10.6. The molecule has 4 nitrogen and oxygen atoms in total. The fourth-order valence-corrected chi connectivity index (χ4v) is 2.90. The van der Waals surface area contributed by atoms with Crippen LogP contribution in [0.25, 0.3) is 11.0 Å². The van der Waals surface area contributed by atoms with Gasteiger partial charge >= 0.3 is 0 Å². The van der Waals surface area contributed by atoms with E-state index in [1.165, 1.54) is 11.3 Å². The summed E-state index contributed by atoms with van der Waals surface area (Å²) in [6.07, 6.45) is 0. The number of amides is 1. The molecule has 102 valence electrons. The van der Waals surface area contributed by atoms with E-state index in [0.717, 1.165) is 10.3 Å². The minimum atomic E-state index is -0.260. The molecular formula is C14H11ClN2O2S. The first-order valence-electron chi connectivity index (χ1n) is 5.93. The lowest BCUT2D eigenvalue weighted by molar-refractivity contribution is 0.0926. The molecule has 0 radical (unpaired) electrons. The highest BCUT2D eigenvalue weighted by atomic mass is 35.5. The van der Waals surface area contributed by atoms with Crippen LogP contribution in [-0.2, 0) is 6.54 Å². The van der Waals surface area contributed by atoms with Crippen LogP contribution in [0, 0.1) is 0 Å². The van der Waals surface area contributed by atoms with Gasteiger partial charge in [0.1, 0.15) is 5.58 Å². The third kappa shape index (κ3) is 2.64. The van der Waals surface area contributed by atoms with Crippen molar-refractivity contribution in [1.82, 2.24) is 5.32 Å². The molecule has 0 aliphatic carbocycles. The molecule has 2 aromatic heterocycles. The summed E-state index contributed by atoms with van der Waals surface area (Å²) in [4.78, 5) is 13.0. The Morgan fingerprint density at radius 1 is 1.30 bits per heavy atom. The maximum Gasteiger partial charge on any atom is 0.287 e. The number of rotatable bonds is 3. The number of furan rings is 1. The molecule has 1 aromatic carbocycles. The molecule has 0 saturated heterocycles. The Hall–Kier alpha value is -1.98. The van der Waals surface area contributed by atoms with Gasteiger partial charge in [-0.1, -0.05) is 11.6 Å². The van der Waals surface area contributed by atoms with Crippen LogP contribution in [-0.4, -0.2) is 5.91 Å². The van der Waals surface area contributed by atoms with Crippen LogP contribution < -0.4 is 11.1 Å². The number of benzene rings is 1. The molecule has 20 heavy (non-hydrogen) atoms. The Bertz CT molecular complexity index is 778. The molecule has 0 aliphatic heterocycles. The first-order valence-corrected chi connectivity index (χ1v) is 7.13. The Kier molecular flexibility index (Phi) is 3.38. The van der Waals surface area contributed by atoms with Crippen LogP contribution in [0.4, 0.5) is 5.69 Å². The molecule has 0 bridgehead atoms. The zero-order valence-corrected chi connectivity index (χ0v) is 11.9. The summed E-state index contributed by atoms with van der Waals surface area (Å²) in [6.45, 7) is 0.426. The van der Waals surface area contributed by atoms with Crippen molar-refractivity contribution in [2.24, 2.45) is 0 Å². The number of carbonyl (C=O) groups excluding carboxylic acids is 1. The molecule has 3 rings (SSSR count). The van der Waals surface area contributed by atoms with Gasteiger partial charge in [0.25, 0.3) is 5.91 Å². The van der Waals surface area contributed by atoms with E-state index in [0.29, 0.717) is 22.2 Å². The summed E-state index contributed by atoms with van der Waals surface area (Å²) in [7, 11) is 0. The van der Waals surface area contributed by atoms with Gasteiger partial charge in [-0.3, -0.25) is 4.79 Å². The number of carbonyl (C=O) groups is 1. The topological polar surface area (TPSA) is 68.3 Å². The predicted molar refractivity (Wildman–Crippen MR) is 81.1 cm³/mol. The fraction of sp³-hybridized carbons (Fsp3) is 0.0714. The molecule has 0 unspecified atom stereocenters. The Morgan fingerprint density at radius 3 is 2.90 bits per heavy atom. The zero-order chi connectivity index (χ0) is 14.1. The van der Waals surface area contributed by atoms with E-state index in [1.807, 2.05) is 6.07 Å². The predicted octanol–water partition coefficient (Wildman–Crippen LogP) is 3.66. The van der Waals surface area contributed by atoms with Crippen molar-refractivity contribution in [3.05, 3.63) is 51.4 Å². The molecule has 0 fully saturated rings. The second-order valence-corrected chi connectivity index (χ2v) is 6.10. The lowest BCUT2D eigenvalue weighted by Gasteiger charge is -1.99. The van der Waals surface area contributed by atoms with Crippen LogP contribution in [0.1, 0.15) is 15.4 Å². The largest absolute Gasteiger partial charge is 0.451 e. The van der Waals surface area contributed by atoms with E-state index >= 15 is 0 Å². The maximum atomic E-state index is 12.0. The number of hydrogen-bond donors (Lipinski definition) is 2. The van der Waals surface area contributed by atoms with Gasteiger partial charge in [0.05, 0.1) is 10.9 Å². The molecule has 0 saturated carbocycles. The smallest absolute Gasteiger partial charge is 0.287 e. The van der Waals surface area contributed by atoms with Crippen molar-refractivity contribution < 1.29 is 9.21 Å². The number of nitrogens with two attached hydrogens (primary N) is 1. The van der Waals surface area contributed by atoms with Crippen molar-refractivity contribution in [3.63, 3.8) is 0 Å². The van der Waals surface area contributed by atoms with E-state index in [-0.39, 0.29) is 11.7 Å². The third-order valence-electron chi connectivity index (χ3n) is 2.82. The summed E-state index contributed by atoms with van der Waals surface area (Å²) in [5.41, 5.74) is 6.97. The normalized spacial score (nSPS) is 10.8. The van der Waals surface area contributed by atoms with Crippen molar-refractivity contribution in [2.45, 2.75) is 6.54 Å². The minimum Gasteiger partial charge on any atom is -0.451 e. The Morgan fingerprint density at radius 2 is 2.15 bits per heavy atom. The van der Waals surface area contributed by atoms with Gasteiger partial charge in [0.15, 0.2) is 5.76 Å². The molecule has 3 aromatic rings. The summed E-state index contributed by atoms with van der Waals surface area (Å²) >= 11 is 7.27. The van der Waals surface area contributed by atoms with Crippen molar-refractivity contribution in [2.75, 3.05) is 5.73 Å². The van der Waals surface area contributed by atoms with Crippen molar-refractivity contribution in [1.29, 1.82) is 0 Å². The molecule has 2 heterocycles. The quantitative estimate of drug-likeness (QED) is 0.726. The van der Waals surface area contributed by atoms with Gasteiger partial charge in [0.2, 0.25) is 0 Å². The Labute approximate surface area is 124 Å². The Balaban J connectivity index is 1.75. The van der Waals surface area contributed by atoms with E-state index in [9.17, 15) is 4.79 Å². The zero-order valence-electron chi connectivity index (χ0n) is 10.4. The molecular weight excluding hydrogens is 296 g/mol. The highest BCUT2D eigenvalue weighted by molar-refractivity contribution is 7.16. The standard InChI is InChI=1S/C14H11ClN2O2S/c15-13-4-2-10(20-13)7-17-14(18)12-6-8-5-9(16)1-3-11(8)19-12/h1-6H,7,16H2,(H,17,18). The van der Waals surface area contributed by atoms with Gasteiger partial charge in [-0.2, -0.15) is 0 Å². The van der Waals surface area contributed by atoms with Gasteiger partial charge in [-0.15, -0.1) is 11.3 Å². The third-order valence-corrected chi connectivity index (χ3v) is 4.05. The fourth-order valence-electron chi connectivity index (χ4n) is 1.87. The number of halogens is 1. The van der Waals surface area contributed by atoms with Gasteiger partial charge in [0, 0.05) is 16.0 Å². The van der Waals surface area contributed by atoms with Crippen LogP contribution in [0.5, 0.6) is 0 Å².